The van der Waals surface area contributed by atoms with Gasteiger partial charge in [0, 0.05) is 10.0 Å². The maximum absolute atomic E-state index is 11.9. The van der Waals surface area contributed by atoms with Crippen LogP contribution in [0.25, 0.3) is 0 Å². The summed E-state index contributed by atoms with van der Waals surface area (Å²) in [6.45, 7) is -0.161. The van der Waals surface area contributed by atoms with E-state index in [-0.39, 0.29) is 12.5 Å². The van der Waals surface area contributed by atoms with Crippen LogP contribution in [0.15, 0.2) is 58.1 Å². The Hall–Kier alpha value is -2.67. The zero-order valence-electron chi connectivity index (χ0n) is 13.0. The van der Waals surface area contributed by atoms with E-state index in [0.717, 1.165) is 15.8 Å². The van der Waals surface area contributed by atoms with Crippen LogP contribution in [0, 0.1) is 0 Å². The van der Waals surface area contributed by atoms with E-state index in [1.807, 2.05) is 18.2 Å². The summed E-state index contributed by atoms with van der Waals surface area (Å²) in [4.78, 5) is 23.6. The van der Waals surface area contributed by atoms with E-state index < -0.39 is 5.91 Å². The van der Waals surface area contributed by atoms with Crippen molar-refractivity contribution in [2.75, 3.05) is 13.7 Å². The molecular formula is C17H16BrN3O3. The fourth-order valence-corrected chi connectivity index (χ4v) is 2.20. The monoisotopic (exact) mass is 389 g/mol. The molecule has 0 aromatic heterocycles. The van der Waals surface area contributed by atoms with E-state index in [1.165, 1.54) is 6.21 Å². The van der Waals surface area contributed by atoms with Gasteiger partial charge in [0.25, 0.3) is 11.8 Å². The number of ether oxygens (including phenoxy) is 1. The van der Waals surface area contributed by atoms with Gasteiger partial charge >= 0.3 is 0 Å². The third-order valence-electron chi connectivity index (χ3n) is 3.01. The minimum absolute atomic E-state index is 0.161. The van der Waals surface area contributed by atoms with Gasteiger partial charge in [0.15, 0.2) is 0 Å². The van der Waals surface area contributed by atoms with E-state index in [1.54, 1.807) is 37.4 Å². The van der Waals surface area contributed by atoms with Gasteiger partial charge < -0.3 is 10.1 Å². The quantitative estimate of drug-likeness (QED) is 0.587. The van der Waals surface area contributed by atoms with Crippen LogP contribution in [0.1, 0.15) is 15.9 Å². The Kier molecular flexibility index (Phi) is 6.51. The molecule has 0 atom stereocenters. The molecule has 2 aromatic carbocycles. The maximum Gasteiger partial charge on any atom is 0.259 e. The van der Waals surface area contributed by atoms with Crippen LogP contribution in [0.5, 0.6) is 5.75 Å². The Balaban J connectivity index is 1.78. The highest BCUT2D eigenvalue weighted by molar-refractivity contribution is 9.10. The summed E-state index contributed by atoms with van der Waals surface area (Å²) in [5.41, 5.74) is 3.64. The topological polar surface area (TPSA) is 79.8 Å². The molecule has 0 saturated carbocycles. The summed E-state index contributed by atoms with van der Waals surface area (Å²) in [7, 11) is 1.59. The van der Waals surface area contributed by atoms with Gasteiger partial charge in [0.1, 0.15) is 5.75 Å². The highest BCUT2D eigenvalue weighted by Gasteiger charge is 2.07. The Morgan fingerprint density at radius 1 is 1.21 bits per heavy atom. The molecular weight excluding hydrogens is 374 g/mol. The molecule has 24 heavy (non-hydrogen) atoms. The number of carbonyl (C=O) groups excluding carboxylic acids is 2. The van der Waals surface area contributed by atoms with E-state index in [2.05, 4.69) is 31.8 Å². The van der Waals surface area contributed by atoms with E-state index in [9.17, 15) is 9.59 Å². The molecule has 2 rings (SSSR count). The fourth-order valence-electron chi connectivity index (χ4n) is 1.80. The lowest BCUT2D eigenvalue weighted by atomic mass is 10.2. The number of rotatable bonds is 6. The number of halogens is 1. The standard InChI is InChI=1S/C17H16BrN3O3/c1-24-15-7-5-12(6-8-15)10-20-21-16(22)11-19-17(23)13-3-2-4-14(18)9-13/h2-10H,11H2,1H3,(H,19,23)(H,21,22)/b20-10+. The lowest BCUT2D eigenvalue weighted by molar-refractivity contribution is -0.120. The first kappa shape index (κ1) is 17.7. The number of nitrogens with one attached hydrogen (secondary N) is 2. The van der Waals surface area contributed by atoms with E-state index >= 15 is 0 Å². The molecule has 0 unspecified atom stereocenters. The van der Waals surface area contributed by atoms with Gasteiger partial charge in [-0.05, 0) is 48.0 Å². The van der Waals surface area contributed by atoms with Crippen molar-refractivity contribution in [2.45, 2.75) is 0 Å². The number of carbonyl (C=O) groups is 2. The minimum Gasteiger partial charge on any atom is -0.497 e. The van der Waals surface area contributed by atoms with Crippen LogP contribution in [0.3, 0.4) is 0 Å². The highest BCUT2D eigenvalue weighted by Crippen LogP contribution is 2.11. The first-order valence-corrected chi connectivity index (χ1v) is 7.87. The van der Waals surface area contributed by atoms with Gasteiger partial charge in [-0.3, -0.25) is 9.59 Å². The predicted octanol–water partition coefficient (Wildman–Crippen LogP) is 2.34. The average Bonchev–Trinajstić information content (AvgIpc) is 2.60. The van der Waals surface area contributed by atoms with Gasteiger partial charge in [0.05, 0.1) is 19.9 Å². The van der Waals surface area contributed by atoms with Gasteiger partial charge in [-0.2, -0.15) is 5.10 Å². The van der Waals surface area contributed by atoms with Crippen molar-refractivity contribution in [2.24, 2.45) is 5.10 Å². The van der Waals surface area contributed by atoms with Crippen molar-refractivity contribution < 1.29 is 14.3 Å². The second kappa shape index (κ2) is 8.83. The lowest BCUT2D eigenvalue weighted by Gasteiger charge is -2.04. The number of amides is 2. The molecule has 2 amide bonds. The zero-order chi connectivity index (χ0) is 17.4. The van der Waals surface area contributed by atoms with Crippen LogP contribution in [-0.2, 0) is 4.79 Å². The Morgan fingerprint density at radius 3 is 2.62 bits per heavy atom. The SMILES string of the molecule is COc1ccc(/C=N/NC(=O)CNC(=O)c2cccc(Br)c2)cc1. The first-order valence-electron chi connectivity index (χ1n) is 7.08. The molecule has 0 fully saturated rings. The van der Waals surface area contributed by atoms with Crippen molar-refractivity contribution in [1.29, 1.82) is 0 Å². The van der Waals surface area contributed by atoms with Gasteiger partial charge in [-0.25, -0.2) is 5.43 Å². The molecule has 0 aliphatic heterocycles. The molecule has 2 N–H and O–H groups in total. The van der Waals surface area contributed by atoms with Crippen molar-refractivity contribution in [3.8, 4) is 5.75 Å². The third-order valence-corrected chi connectivity index (χ3v) is 3.51. The van der Waals surface area contributed by atoms with Crippen LogP contribution < -0.4 is 15.5 Å². The molecule has 7 heteroatoms. The maximum atomic E-state index is 11.9. The van der Waals surface area contributed by atoms with Crippen molar-refractivity contribution in [3.63, 3.8) is 0 Å². The summed E-state index contributed by atoms with van der Waals surface area (Å²) in [6.07, 6.45) is 1.51. The van der Waals surface area contributed by atoms with Gasteiger partial charge in [-0.1, -0.05) is 22.0 Å². The van der Waals surface area contributed by atoms with E-state index in [4.69, 9.17) is 4.74 Å². The lowest BCUT2D eigenvalue weighted by Crippen LogP contribution is -2.34. The van der Waals surface area contributed by atoms with Crippen LogP contribution >= 0.6 is 15.9 Å². The molecule has 6 nitrogen and oxygen atoms in total. The summed E-state index contributed by atoms with van der Waals surface area (Å²) in [5.74, 6) is 0.000129. The number of benzene rings is 2. The van der Waals surface area contributed by atoms with Crippen LogP contribution in [-0.4, -0.2) is 31.7 Å². The number of hydrazone groups is 1. The number of hydrogen-bond acceptors (Lipinski definition) is 4. The van der Waals surface area contributed by atoms with Crippen LogP contribution in [0.4, 0.5) is 0 Å². The zero-order valence-corrected chi connectivity index (χ0v) is 14.5. The van der Waals surface area contributed by atoms with Gasteiger partial charge in [0.2, 0.25) is 0 Å². The van der Waals surface area contributed by atoms with E-state index in [0.29, 0.717) is 5.56 Å². The highest BCUT2D eigenvalue weighted by atomic mass is 79.9. The molecule has 0 bridgehead atoms. The largest absolute Gasteiger partial charge is 0.497 e. The number of nitrogens with zero attached hydrogens (tertiary/aromatic N) is 1. The van der Waals surface area contributed by atoms with Gasteiger partial charge in [-0.15, -0.1) is 0 Å². The molecule has 0 spiro atoms. The molecule has 0 radical (unpaired) electrons. The normalized spacial score (nSPS) is 10.4. The van der Waals surface area contributed by atoms with Crippen molar-refractivity contribution in [1.82, 2.24) is 10.7 Å². The molecule has 124 valence electrons. The molecule has 0 aliphatic carbocycles. The molecule has 0 heterocycles. The summed E-state index contributed by atoms with van der Waals surface area (Å²) >= 11 is 3.29. The molecule has 0 aliphatic rings. The second-order valence-corrected chi connectivity index (χ2v) is 5.68. The third kappa shape index (κ3) is 5.51. The molecule has 0 saturated heterocycles. The first-order chi connectivity index (χ1) is 11.6. The summed E-state index contributed by atoms with van der Waals surface area (Å²) in [5, 5.41) is 6.37. The van der Waals surface area contributed by atoms with Crippen LogP contribution in [0.2, 0.25) is 0 Å². The number of hydrogen-bond donors (Lipinski definition) is 2. The summed E-state index contributed by atoms with van der Waals surface area (Å²) < 4.78 is 5.85. The smallest absolute Gasteiger partial charge is 0.259 e. The minimum atomic E-state index is -0.414. The average molecular weight is 390 g/mol. The predicted molar refractivity (Wildman–Crippen MR) is 95.2 cm³/mol. The molecule has 2 aromatic rings. The van der Waals surface area contributed by atoms with Crippen molar-refractivity contribution >= 4 is 34.0 Å². The fraction of sp³-hybridized carbons (Fsp3) is 0.118. The Morgan fingerprint density at radius 2 is 1.96 bits per heavy atom. The summed E-state index contributed by atoms with van der Waals surface area (Å²) in [6, 6.07) is 14.1. The Bertz CT molecular complexity index is 745. The number of methoxy groups -OCH3 is 1. The van der Waals surface area contributed by atoms with Crippen molar-refractivity contribution in [3.05, 3.63) is 64.1 Å². The second-order valence-electron chi connectivity index (χ2n) is 4.76. The Labute approximate surface area is 148 Å².